The second-order valence-corrected chi connectivity index (χ2v) is 5.48. The van der Waals surface area contributed by atoms with Crippen molar-refractivity contribution in [1.82, 2.24) is 10.9 Å². The van der Waals surface area contributed by atoms with Crippen LogP contribution in [0.3, 0.4) is 0 Å². The van der Waals surface area contributed by atoms with E-state index in [-0.39, 0.29) is 11.1 Å². The molecule has 0 saturated carbocycles. The zero-order valence-electron chi connectivity index (χ0n) is 12.2. The van der Waals surface area contributed by atoms with Crippen LogP contribution < -0.4 is 10.9 Å². The minimum atomic E-state index is -0.819. The fourth-order valence-electron chi connectivity index (χ4n) is 1.68. The maximum absolute atomic E-state index is 13.4. The van der Waals surface area contributed by atoms with Crippen molar-refractivity contribution < 1.29 is 23.5 Å². The van der Waals surface area contributed by atoms with Gasteiger partial charge in [0.05, 0.1) is 11.1 Å². The van der Waals surface area contributed by atoms with E-state index in [1.54, 1.807) is 12.1 Å². The van der Waals surface area contributed by atoms with Crippen molar-refractivity contribution in [2.24, 2.45) is 0 Å². The molecule has 6 nitrogen and oxygen atoms in total. The van der Waals surface area contributed by atoms with Gasteiger partial charge in [0, 0.05) is 4.47 Å². The van der Waals surface area contributed by atoms with Gasteiger partial charge < -0.3 is 4.74 Å². The molecule has 0 atom stereocenters. The summed E-state index contributed by atoms with van der Waals surface area (Å²) in [7, 11) is 0. The molecule has 0 bridgehead atoms. The van der Waals surface area contributed by atoms with E-state index in [2.05, 4.69) is 15.9 Å². The molecule has 0 aromatic heterocycles. The molecule has 2 aromatic carbocycles. The summed E-state index contributed by atoms with van der Waals surface area (Å²) in [6.45, 7) is -0.591. The number of hydrazine groups is 1. The van der Waals surface area contributed by atoms with Crippen molar-refractivity contribution in [1.29, 1.82) is 0 Å². The quantitative estimate of drug-likeness (QED) is 0.614. The topological polar surface area (TPSA) is 84.5 Å². The van der Waals surface area contributed by atoms with E-state index in [9.17, 15) is 18.8 Å². The van der Waals surface area contributed by atoms with Gasteiger partial charge >= 0.3 is 5.97 Å². The molecule has 2 amide bonds. The molecule has 2 rings (SSSR count). The van der Waals surface area contributed by atoms with E-state index in [0.29, 0.717) is 0 Å². The smallest absolute Gasteiger partial charge is 0.338 e. The van der Waals surface area contributed by atoms with Crippen LogP contribution in [-0.2, 0) is 9.53 Å². The standard InChI is InChI=1S/C16H12BrFN2O4/c17-11-7-5-10(6-8-11)16(23)24-9-14(21)19-20-15(22)12-3-1-2-4-13(12)18/h1-8H,9H2,(H,19,21)(H,20,22). The van der Waals surface area contributed by atoms with Crippen LogP contribution in [0.25, 0.3) is 0 Å². The van der Waals surface area contributed by atoms with Crippen LogP contribution >= 0.6 is 15.9 Å². The normalized spacial score (nSPS) is 9.92. The van der Waals surface area contributed by atoms with Crippen LogP contribution in [0.5, 0.6) is 0 Å². The number of amides is 2. The van der Waals surface area contributed by atoms with E-state index in [1.165, 1.54) is 30.3 Å². The van der Waals surface area contributed by atoms with Crippen LogP contribution in [0.4, 0.5) is 4.39 Å². The Morgan fingerprint density at radius 3 is 2.33 bits per heavy atom. The Kier molecular flexibility index (Phi) is 6.02. The summed E-state index contributed by atoms with van der Waals surface area (Å²) in [5.74, 6) is -2.98. The van der Waals surface area contributed by atoms with Gasteiger partial charge in [-0.15, -0.1) is 0 Å². The van der Waals surface area contributed by atoms with Gasteiger partial charge in [0.1, 0.15) is 5.82 Å². The Bertz CT molecular complexity index is 765. The van der Waals surface area contributed by atoms with Crippen molar-refractivity contribution in [3.05, 3.63) is 69.9 Å². The number of hydrogen-bond donors (Lipinski definition) is 2. The first-order valence-electron chi connectivity index (χ1n) is 6.74. The Morgan fingerprint density at radius 1 is 1.00 bits per heavy atom. The first kappa shape index (κ1) is 17.6. The number of esters is 1. The predicted octanol–water partition coefficient (Wildman–Crippen LogP) is 2.21. The number of carbonyl (C=O) groups is 3. The molecule has 0 spiro atoms. The maximum Gasteiger partial charge on any atom is 0.338 e. The summed E-state index contributed by atoms with van der Waals surface area (Å²) in [5, 5.41) is 0. The minimum Gasteiger partial charge on any atom is -0.452 e. The largest absolute Gasteiger partial charge is 0.452 e. The highest BCUT2D eigenvalue weighted by atomic mass is 79.9. The number of hydrogen-bond acceptors (Lipinski definition) is 4. The Morgan fingerprint density at radius 2 is 1.67 bits per heavy atom. The summed E-state index contributed by atoms with van der Waals surface area (Å²) < 4.78 is 19.0. The molecule has 2 aromatic rings. The molecule has 0 heterocycles. The number of benzene rings is 2. The summed E-state index contributed by atoms with van der Waals surface area (Å²) in [5.41, 5.74) is 4.13. The van der Waals surface area contributed by atoms with Gasteiger partial charge in [-0.2, -0.15) is 0 Å². The summed E-state index contributed by atoms with van der Waals surface area (Å²) in [6, 6.07) is 11.7. The third-order valence-electron chi connectivity index (χ3n) is 2.85. The Labute approximate surface area is 145 Å². The van der Waals surface area contributed by atoms with Gasteiger partial charge in [-0.05, 0) is 36.4 Å². The molecular weight excluding hydrogens is 383 g/mol. The van der Waals surface area contributed by atoms with Crippen LogP contribution in [0, 0.1) is 5.82 Å². The van der Waals surface area contributed by atoms with Gasteiger partial charge in [0.2, 0.25) is 0 Å². The molecule has 0 saturated heterocycles. The lowest BCUT2D eigenvalue weighted by Gasteiger charge is -2.08. The molecule has 0 aliphatic heterocycles. The molecule has 2 N–H and O–H groups in total. The molecule has 0 unspecified atom stereocenters. The van der Waals surface area contributed by atoms with Crippen molar-refractivity contribution in [3.63, 3.8) is 0 Å². The highest BCUT2D eigenvalue weighted by Crippen LogP contribution is 2.11. The molecule has 124 valence electrons. The average molecular weight is 395 g/mol. The summed E-state index contributed by atoms with van der Waals surface area (Å²) in [4.78, 5) is 34.9. The van der Waals surface area contributed by atoms with E-state index in [1.807, 2.05) is 10.9 Å². The average Bonchev–Trinajstić information content (AvgIpc) is 2.58. The van der Waals surface area contributed by atoms with Crippen molar-refractivity contribution in [3.8, 4) is 0 Å². The van der Waals surface area contributed by atoms with E-state index in [0.717, 1.165) is 10.5 Å². The zero-order chi connectivity index (χ0) is 17.5. The highest BCUT2D eigenvalue weighted by Gasteiger charge is 2.13. The maximum atomic E-state index is 13.4. The second kappa shape index (κ2) is 8.21. The van der Waals surface area contributed by atoms with Gasteiger partial charge in [0.15, 0.2) is 6.61 Å². The Hall–Kier alpha value is -2.74. The van der Waals surface area contributed by atoms with Crippen LogP contribution in [-0.4, -0.2) is 24.4 Å². The zero-order valence-corrected chi connectivity index (χ0v) is 13.8. The van der Waals surface area contributed by atoms with Crippen molar-refractivity contribution in [2.45, 2.75) is 0 Å². The SMILES string of the molecule is O=C(COC(=O)c1ccc(Br)cc1)NNC(=O)c1ccccc1F. The summed E-state index contributed by atoms with van der Waals surface area (Å²) >= 11 is 3.23. The molecule has 0 fully saturated rings. The minimum absolute atomic E-state index is 0.218. The van der Waals surface area contributed by atoms with Gasteiger partial charge in [-0.3, -0.25) is 20.4 Å². The lowest BCUT2D eigenvalue weighted by Crippen LogP contribution is -2.43. The van der Waals surface area contributed by atoms with E-state index < -0.39 is 30.2 Å². The highest BCUT2D eigenvalue weighted by molar-refractivity contribution is 9.10. The molecule has 0 radical (unpaired) electrons. The second-order valence-electron chi connectivity index (χ2n) is 4.57. The number of carbonyl (C=O) groups excluding carboxylic acids is 3. The molecule has 0 aliphatic carbocycles. The fourth-order valence-corrected chi connectivity index (χ4v) is 1.94. The van der Waals surface area contributed by atoms with Crippen molar-refractivity contribution in [2.75, 3.05) is 6.61 Å². The van der Waals surface area contributed by atoms with Crippen LogP contribution in [0.15, 0.2) is 53.0 Å². The van der Waals surface area contributed by atoms with E-state index >= 15 is 0 Å². The first-order chi connectivity index (χ1) is 11.5. The Balaban J connectivity index is 1.79. The van der Waals surface area contributed by atoms with Crippen molar-refractivity contribution >= 4 is 33.7 Å². The third kappa shape index (κ3) is 4.88. The lowest BCUT2D eigenvalue weighted by atomic mass is 10.2. The number of rotatable bonds is 4. The van der Waals surface area contributed by atoms with E-state index in [4.69, 9.17) is 4.74 Å². The van der Waals surface area contributed by atoms with Gasteiger partial charge in [0.25, 0.3) is 11.8 Å². The summed E-state index contributed by atoms with van der Waals surface area (Å²) in [6.07, 6.45) is 0. The van der Waals surface area contributed by atoms with Gasteiger partial charge in [-0.1, -0.05) is 28.1 Å². The molecular formula is C16H12BrFN2O4. The number of halogens is 2. The monoisotopic (exact) mass is 394 g/mol. The molecule has 0 aliphatic rings. The molecule has 24 heavy (non-hydrogen) atoms. The van der Waals surface area contributed by atoms with Crippen LogP contribution in [0.2, 0.25) is 0 Å². The fraction of sp³-hybridized carbons (Fsp3) is 0.0625. The van der Waals surface area contributed by atoms with Gasteiger partial charge in [-0.25, -0.2) is 9.18 Å². The predicted molar refractivity (Wildman–Crippen MR) is 86.4 cm³/mol. The molecule has 8 heteroatoms. The lowest BCUT2D eigenvalue weighted by molar-refractivity contribution is -0.125. The van der Waals surface area contributed by atoms with Crippen LogP contribution in [0.1, 0.15) is 20.7 Å². The number of ether oxygens (including phenoxy) is 1. The third-order valence-corrected chi connectivity index (χ3v) is 3.38. The number of nitrogens with one attached hydrogen (secondary N) is 2. The first-order valence-corrected chi connectivity index (χ1v) is 7.53.